The Morgan fingerprint density at radius 2 is 1.94 bits per heavy atom. The van der Waals surface area contributed by atoms with Crippen molar-refractivity contribution in [2.75, 3.05) is 19.0 Å². The van der Waals surface area contributed by atoms with E-state index in [-0.39, 0.29) is 30.5 Å². The molecule has 1 aromatic carbocycles. The molecule has 7 heteroatoms. The number of aliphatic hydroxyl groups is 1. The number of aliphatic hydroxyl groups excluding tert-OH is 1. The molecule has 2 heterocycles. The van der Waals surface area contributed by atoms with Crippen molar-refractivity contribution in [3.63, 3.8) is 0 Å². The summed E-state index contributed by atoms with van der Waals surface area (Å²) in [5.41, 5.74) is 4.94. The lowest BCUT2D eigenvalue weighted by Gasteiger charge is -2.34. The van der Waals surface area contributed by atoms with Gasteiger partial charge in [-0.3, -0.25) is 9.78 Å². The van der Waals surface area contributed by atoms with Crippen molar-refractivity contribution in [3.05, 3.63) is 71.3 Å². The lowest BCUT2D eigenvalue weighted by molar-refractivity contribution is 0.0259. The van der Waals surface area contributed by atoms with Crippen LogP contribution < -0.4 is 5.32 Å². The van der Waals surface area contributed by atoms with E-state index in [4.69, 9.17) is 4.74 Å². The van der Waals surface area contributed by atoms with Crippen LogP contribution in [0.25, 0.3) is 5.69 Å². The minimum Gasteiger partial charge on any atom is -0.396 e. The maximum Gasteiger partial charge on any atom is 0.259 e. The van der Waals surface area contributed by atoms with E-state index in [1.54, 1.807) is 24.2 Å². The number of aryl methyl sites for hydroxylation is 1. The summed E-state index contributed by atoms with van der Waals surface area (Å²) in [7, 11) is 1.73. The minimum absolute atomic E-state index is 0.0982. The number of methoxy groups -OCH3 is 1. The number of benzene rings is 1. The van der Waals surface area contributed by atoms with E-state index in [1.807, 2.05) is 50.2 Å². The van der Waals surface area contributed by atoms with Crippen LogP contribution in [0, 0.1) is 19.8 Å². The number of hydrogen-bond acceptors (Lipinski definition) is 5. The molecule has 0 radical (unpaired) electrons. The van der Waals surface area contributed by atoms with Gasteiger partial charge in [0.25, 0.3) is 5.91 Å². The average Bonchev–Trinajstić information content (AvgIpc) is 3.21. The molecule has 0 aliphatic heterocycles. The van der Waals surface area contributed by atoms with Crippen LogP contribution in [-0.2, 0) is 4.74 Å². The number of amides is 1. The van der Waals surface area contributed by atoms with E-state index in [0.29, 0.717) is 11.3 Å². The van der Waals surface area contributed by atoms with Gasteiger partial charge >= 0.3 is 0 Å². The molecule has 1 amide bonds. The van der Waals surface area contributed by atoms with Gasteiger partial charge in [0, 0.05) is 25.3 Å². The molecule has 3 atom stereocenters. The van der Waals surface area contributed by atoms with Gasteiger partial charge < -0.3 is 15.2 Å². The Balaban J connectivity index is 1.47. The van der Waals surface area contributed by atoms with Gasteiger partial charge in [0.1, 0.15) is 0 Å². The lowest BCUT2D eigenvalue weighted by atomic mass is 9.78. The molecule has 0 saturated heterocycles. The van der Waals surface area contributed by atoms with E-state index in [9.17, 15) is 9.90 Å². The van der Waals surface area contributed by atoms with E-state index in [2.05, 4.69) is 15.4 Å². The third-order valence-corrected chi connectivity index (χ3v) is 6.41. The van der Waals surface area contributed by atoms with Gasteiger partial charge in [-0.05, 0) is 63.3 Å². The number of pyridine rings is 1. The summed E-state index contributed by atoms with van der Waals surface area (Å²) in [6.07, 6.45) is 6.10. The Kier molecular flexibility index (Phi) is 6.67. The molecule has 2 N–H and O–H groups in total. The SMILES string of the molecule is COC1CCC(CO)CC1c1ccc(NC(=O)c2cnn(-c3ccc(C)cc3)c2C)cn1. The highest BCUT2D eigenvalue weighted by atomic mass is 16.5. The first-order valence-corrected chi connectivity index (χ1v) is 11.0. The molecular weight excluding hydrogens is 404 g/mol. The molecule has 0 spiro atoms. The first-order chi connectivity index (χ1) is 15.5. The smallest absolute Gasteiger partial charge is 0.259 e. The molecule has 168 valence electrons. The fourth-order valence-corrected chi connectivity index (χ4v) is 4.46. The number of ether oxygens (including phenoxy) is 1. The zero-order chi connectivity index (χ0) is 22.7. The number of carbonyl (C=O) groups is 1. The Morgan fingerprint density at radius 1 is 1.16 bits per heavy atom. The highest BCUT2D eigenvalue weighted by Gasteiger charge is 2.32. The fraction of sp³-hybridized carbons (Fsp3) is 0.400. The third kappa shape index (κ3) is 4.59. The lowest BCUT2D eigenvalue weighted by Crippen LogP contribution is -2.31. The zero-order valence-electron chi connectivity index (χ0n) is 18.8. The maximum atomic E-state index is 12.9. The molecule has 4 rings (SSSR count). The summed E-state index contributed by atoms with van der Waals surface area (Å²) in [6, 6.07) is 11.8. The summed E-state index contributed by atoms with van der Waals surface area (Å²) >= 11 is 0. The molecular formula is C25H30N4O3. The second-order valence-corrected chi connectivity index (χ2v) is 8.56. The van der Waals surface area contributed by atoms with Crippen molar-refractivity contribution in [1.82, 2.24) is 14.8 Å². The second-order valence-electron chi connectivity index (χ2n) is 8.56. The van der Waals surface area contributed by atoms with Crippen LogP contribution in [0.15, 0.2) is 48.8 Å². The fourth-order valence-electron chi connectivity index (χ4n) is 4.46. The minimum atomic E-state index is -0.219. The maximum absolute atomic E-state index is 12.9. The third-order valence-electron chi connectivity index (χ3n) is 6.41. The first kappa shape index (κ1) is 22.2. The summed E-state index contributed by atoms with van der Waals surface area (Å²) < 4.78 is 7.43. The molecule has 0 bridgehead atoms. The average molecular weight is 435 g/mol. The number of aromatic nitrogens is 3. The van der Waals surface area contributed by atoms with E-state index in [1.165, 1.54) is 5.56 Å². The van der Waals surface area contributed by atoms with Crippen molar-refractivity contribution in [3.8, 4) is 5.69 Å². The molecule has 3 unspecified atom stereocenters. The van der Waals surface area contributed by atoms with E-state index >= 15 is 0 Å². The molecule has 1 saturated carbocycles. The number of carbonyl (C=O) groups excluding carboxylic acids is 1. The monoisotopic (exact) mass is 434 g/mol. The zero-order valence-corrected chi connectivity index (χ0v) is 18.8. The Labute approximate surface area is 188 Å². The molecule has 1 fully saturated rings. The van der Waals surface area contributed by atoms with Crippen LogP contribution in [0.1, 0.15) is 52.5 Å². The number of rotatable bonds is 6. The highest BCUT2D eigenvalue weighted by Crippen LogP contribution is 2.37. The Morgan fingerprint density at radius 3 is 2.59 bits per heavy atom. The van der Waals surface area contributed by atoms with Crippen LogP contribution in [0.4, 0.5) is 5.69 Å². The van der Waals surface area contributed by atoms with E-state index < -0.39 is 0 Å². The van der Waals surface area contributed by atoms with Gasteiger partial charge in [0.2, 0.25) is 0 Å². The summed E-state index contributed by atoms with van der Waals surface area (Å²) in [5, 5.41) is 16.9. The number of nitrogens with one attached hydrogen (secondary N) is 1. The van der Waals surface area contributed by atoms with Gasteiger partial charge in [-0.2, -0.15) is 5.10 Å². The van der Waals surface area contributed by atoms with Crippen molar-refractivity contribution in [1.29, 1.82) is 0 Å². The summed E-state index contributed by atoms with van der Waals surface area (Å²) in [5.74, 6) is 0.203. The quantitative estimate of drug-likeness (QED) is 0.612. The number of hydrogen-bond donors (Lipinski definition) is 2. The summed E-state index contributed by atoms with van der Waals surface area (Å²) in [6.45, 7) is 4.11. The van der Waals surface area contributed by atoms with Gasteiger partial charge in [-0.15, -0.1) is 0 Å². The first-order valence-electron chi connectivity index (χ1n) is 11.0. The van der Waals surface area contributed by atoms with Gasteiger partial charge in [-0.25, -0.2) is 4.68 Å². The van der Waals surface area contributed by atoms with Crippen molar-refractivity contribution < 1.29 is 14.6 Å². The van der Waals surface area contributed by atoms with Crippen molar-refractivity contribution in [2.45, 2.75) is 45.1 Å². The Bertz CT molecular complexity index is 1060. The number of nitrogens with zero attached hydrogens (tertiary/aromatic N) is 3. The van der Waals surface area contributed by atoms with Gasteiger partial charge in [0.15, 0.2) is 0 Å². The molecule has 1 aliphatic rings. The Hall–Kier alpha value is -3.03. The van der Waals surface area contributed by atoms with Crippen LogP contribution >= 0.6 is 0 Å². The van der Waals surface area contributed by atoms with Crippen LogP contribution in [0.3, 0.4) is 0 Å². The van der Waals surface area contributed by atoms with Crippen LogP contribution in [-0.4, -0.2) is 45.6 Å². The molecule has 2 aromatic heterocycles. The predicted octanol–water partition coefficient (Wildman–Crippen LogP) is 4.03. The van der Waals surface area contributed by atoms with E-state index in [0.717, 1.165) is 36.3 Å². The topological polar surface area (TPSA) is 89.3 Å². The van der Waals surface area contributed by atoms with Crippen LogP contribution in [0.5, 0.6) is 0 Å². The predicted molar refractivity (Wildman–Crippen MR) is 123 cm³/mol. The van der Waals surface area contributed by atoms with Gasteiger partial charge in [0.05, 0.1) is 41.1 Å². The summed E-state index contributed by atoms with van der Waals surface area (Å²) in [4.78, 5) is 17.5. The van der Waals surface area contributed by atoms with Crippen molar-refractivity contribution in [2.24, 2.45) is 5.92 Å². The molecule has 3 aromatic rings. The standard InChI is InChI=1S/C25H30N4O3/c1-16-4-8-20(9-5-16)29-17(2)22(14-27-29)25(31)28-19-7-10-23(26-13-19)21-12-18(15-30)6-11-24(21)32-3/h4-5,7-10,13-14,18,21,24,30H,6,11-12,15H2,1-3H3,(H,28,31). The molecule has 7 nitrogen and oxygen atoms in total. The normalized spacial score (nSPS) is 20.8. The largest absolute Gasteiger partial charge is 0.396 e. The highest BCUT2D eigenvalue weighted by molar-refractivity contribution is 6.04. The number of anilines is 1. The van der Waals surface area contributed by atoms with Gasteiger partial charge in [-0.1, -0.05) is 17.7 Å². The van der Waals surface area contributed by atoms with Crippen molar-refractivity contribution >= 4 is 11.6 Å². The van der Waals surface area contributed by atoms with Crippen LogP contribution in [0.2, 0.25) is 0 Å². The second kappa shape index (κ2) is 9.63. The molecule has 1 aliphatic carbocycles. The molecule has 32 heavy (non-hydrogen) atoms.